The number of hydrogen-bond acceptors (Lipinski definition) is 2. The molecule has 0 aliphatic carbocycles. The Morgan fingerprint density at radius 3 is 3.07 bits per heavy atom. The van der Waals surface area contributed by atoms with Crippen LogP contribution in [0, 0.1) is 0 Å². The first-order valence-corrected chi connectivity index (χ1v) is 4.46. The van der Waals surface area contributed by atoms with Gasteiger partial charge in [0.15, 0.2) is 0 Å². The van der Waals surface area contributed by atoms with Crippen molar-refractivity contribution < 1.29 is 0 Å². The molecule has 0 unspecified atom stereocenters. The number of fused-ring (bicyclic) bond motifs is 3. The maximum Gasteiger partial charge on any atom is 0.101 e. The molecule has 0 aliphatic heterocycles. The summed E-state index contributed by atoms with van der Waals surface area (Å²) in [5, 5.41) is 2.24. The van der Waals surface area contributed by atoms with Crippen LogP contribution in [0.15, 0.2) is 36.5 Å². The largest absolute Gasteiger partial charge is 0.385 e. The van der Waals surface area contributed by atoms with E-state index in [0.29, 0.717) is 5.82 Å². The molecule has 3 N–H and O–H groups in total. The molecule has 1 aromatic carbocycles. The Morgan fingerprint density at radius 1 is 1.21 bits per heavy atom. The second kappa shape index (κ2) is 2.48. The SMILES string of the molecule is Nc1cc2ccc3ncccc3c2[nH]1. The molecule has 0 spiro atoms. The van der Waals surface area contributed by atoms with Crippen molar-refractivity contribution in [2.24, 2.45) is 0 Å². The second-order valence-corrected chi connectivity index (χ2v) is 3.32. The summed E-state index contributed by atoms with van der Waals surface area (Å²) < 4.78 is 0. The molecule has 0 amide bonds. The van der Waals surface area contributed by atoms with Crippen LogP contribution in [0.5, 0.6) is 0 Å². The Bertz CT molecular complexity index is 610. The van der Waals surface area contributed by atoms with E-state index >= 15 is 0 Å². The number of aromatic nitrogens is 2. The molecule has 68 valence electrons. The van der Waals surface area contributed by atoms with Gasteiger partial charge < -0.3 is 10.7 Å². The molecule has 0 fully saturated rings. The van der Waals surface area contributed by atoms with Gasteiger partial charge in [0, 0.05) is 17.0 Å². The number of anilines is 1. The topological polar surface area (TPSA) is 54.7 Å². The third kappa shape index (κ3) is 0.893. The van der Waals surface area contributed by atoms with E-state index in [1.807, 2.05) is 30.3 Å². The van der Waals surface area contributed by atoms with Crippen molar-refractivity contribution in [3.8, 4) is 0 Å². The monoisotopic (exact) mass is 183 g/mol. The zero-order chi connectivity index (χ0) is 9.54. The summed E-state index contributed by atoms with van der Waals surface area (Å²) in [5.41, 5.74) is 7.76. The van der Waals surface area contributed by atoms with Gasteiger partial charge in [-0.1, -0.05) is 6.07 Å². The van der Waals surface area contributed by atoms with Crippen molar-refractivity contribution in [2.45, 2.75) is 0 Å². The van der Waals surface area contributed by atoms with Gasteiger partial charge in [0.1, 0.15) is 5.82 Å². The van der Waals surface area contributed by atoms with E-state index in [1.54, 1.807) is 6.20 Å². The Labute approximate surface area is 80.6 Å². The van der Waals surface area contributed by atoms with Crippen LogP contribution in [0.4, 0.5) is 5.82 Å². The van der Waals surface area contributed by atoms with Crippen molar-refractivity contribution in [1.29, 1.82) is 0 Å². The number of nitrogens with zero attached hydrogens (tertiary/aromatic N) is 1. The van der Waals surface area contributed by atoms with Crippen molar-refractivity contribution in [1.82, 2.24) is 9.97 Å². The number of benzene rings is 1. The van der Waals surface area contributed by atoms with Gasteiger partial charge in [-0.25, -0.2) is 0 Å². The molecule has 3 rings (SSSR count). The highest BCUT2D eigenvalue weighted by atomic mass is 14.8. The molecule has 0 radical (unpaired) electrons. The number of nitrogens with one attached hydrogen (secondary N) is 1. The van der Waals surface area contributed by atoms with Crippen LogP contribution in [0.3, 0.4) is 0 Å². The summed E-state index contributed by atoms with van der Waals surface area (Å²) in [4.78, 5) is 7.42. The highest BCUT2D eigenvalue weighted by Crippen LogP contribution is 2.24. The van der Waals surface area contributed by atoms with Crippen molar-refractivity contribution in [2.75, 3.05) is 5.73 Å². The van der Waals surface area contributed by atoms with Gasteiger partial charge in [0.05, 0.1) is 11.0 Å². The zero-order valence-corrected chi connectivity index (χ0v) is 7.49. The minimum Gasteiger partial charge on any atom is -0.385 e. The molecule has 3 heteroatoms. The third-order valence-electron chi connectivity index (χ3n) is 2.40. The molecule has 3 nitrogen and oxygen atoms in total. The van der Waals surface area contributed by atoms with Gasteiger partial charge in [-0.2, -0.15) is 0 Å². The Hall–Kier alpha value is -2.03. The Kier molecular flexibility index (Phi) is 1.31. The summed E-state index contributed by atoms with van der Waals surface area (Å²) in [6.07, 6.45) is 1.79. The van der Waals surface area contributed by atoms with E-state index in [0.717, 1.165) is 21.8 Å². The van der Waals surface area contributed by atoms with Gasteiger partial charge in [0.2, 0.25) is 0 Å². The molecule has 0 atom stereocenters. The van der Waals surface area contributed by atoms with Gasteiger partial charge in [-0.05, 0) is 24.3 Å². The summed E-state index contributed by atoms with van der Waals surface area (Å²) >= 11 is 0. The lowest BCUT2D eigenvalue weighted by Crippen LogP contribution is -1.82. The van der Waals surface area contributed by atoms with Crippen molar-refractivity contribution in [3.05, 3.63) is 36.5 Å². The molecule has 0 bridgehead atoms. The third-order valence-corrected chi connectivity index (χ3v) is 2.40. The fraction of sp³-hybridized carbons (Fsp3) is 0. The number of aromatic amines is 1. The number of pyridine rings is 1. The summed E-state index contributed by atoms with van der Waals surface area (Å²) in [6.45, 7) is 0. The standard InChI is InChI=1S/C11H9N3/c12-10-6-7-3-4-9-8(11(7)14-10)2-1-5-13-9/h1-6,14H,12H2. The maximum absolute atomic E-state index is 5.71. The van der Waals surface area contributed by atoms with Crippen LogP contribution in [-0.2, 0) is 0 Å². The normalized spacial score (nSPS) is 11.1. The van der Waals surface area contributed by atoms with Crippen LogP contribution in [0.2, 0.25) is 0 Å². The highest BCUT2D eigenvalue weighted by Gasteiger charge is 2.02. The van der Waals surface area contributed by atoms with Gasteiger partial charge in [0.25, 0.3) is 0 Å². The minimum absolute atomic E-state index is 0.691. The smallest absolute Gasteiger partial charge is 0.101 e. The molecule has 0 saturated heterocycles. The van der Waals surface area contributed by atoms with Crippen LogP contribution < -0.4 is 5.73 Å². The molecular formula is C11H9N3. The molecule has 2 aromatic heterocycles. The predicted molar refractivity (Wildman–Crippen MR) is 58.0 cm³/mol. The summed E-state index contributed by atoms with van der Waals surface area (Å²) in [7, 11) is 0. The first-order valence-electron chi connectivity index (χ1n) is 4.46. The molecule has 2 heterocycles. The Balaban J connectivity index is 2.60. The average Bonchev–Trinajstić information content (AvgIpc) is 2.59. The van der Waals surface area contributed by atoms with Crippen LogP contribution >= 0.6 is 0 Å². The van der Waals surface area contributed by atoms with Crippen LogP contribution in [0.25, 0.3) is 21.8 Å². The molecule has 3 aromatic rings. The maximum atomic E-state index is 5.71. The molecular weight excluding hydrogens is 174 g/mol. The van der Waals surface area contributed by atoms with E-state index in [-0.39, 0.29) is 0 Å². The quantitative estimate of drug-likeness (QED) is 0.561. The van der Waals surface area contributed by atoms with E-state index < -0.39 is 0 Å². The molecule has 0 saturated carbocycles. The molecule has 0 aliphatic rings. The van der Waals surface area contributed by atoms with Gasteiger partial charge in [-0.15, -0.1) is 0 Å². The lowest BCUT2D eigenvalue weighted by Gasteiger charge is -1.97. The highest BCUT2D eigenvalue weighted by molar-refractivity contribution is 6.05. The van der Waals surface area contributed by atoms with Crippen LogP contribution in [0.1, 0.15) is 0 Å². The first-order chi connectivity index (χ1) is 6.84. The Morgan fingerprint density at radius 2 is 2.14 bits per heavy atom. The van der Waals surface area contributed by atoms with Crippen molar-refractivity contribution in [3.63, 3.8) is 0 Å². The van der Waals surface area contributed by atoms with Crippen LogP contribution in [-0.4, -0.2) is 9.97 Å². The minimum atomic E-state index is 0.691. The number of rotatable bonds is 0. The van der Waals surface area contributed by atoms with E-state index in [9.17, 15) is 0 Å². The van der Waals surface area contributed by atoms with E-state index in [4.69, 9.17) is 5.73 Å². The molecule has 14 heavy (non-hydrogen) atoms. The average molecular weight is 183 g/mol. The number of hydrogen-bond donors (Lipinski definition) is 2. The second-order valence-electron chi connectivity index (χ2n) is 3.32. The predicted octanol–water partition coefficient (Wildman–Crippen LogP) is 2.30. The summed E-state index contributed by atoms with van der Waals surface area (Å²) in [5.74, 6) is 0.691. The zero-order valence-electron chi connectivity index (χ0n) is 7.49. The number of nitrogens with two attached hydrogens (primary N) is 1. The van der Waals surface area contributed by atoms with E-state index in [1.165, 1.54) is 0 Å². The lowest BCUT2D eigenvalue weighted by atomic mass is 10.1. The van der Waals surface area contributed by atoms with Gasteiger partial charge in [-0.3, -0.25) is 4.98 Å². The number of nitrogen functional groups attached to an aromatic ring is 1. The summed E-state index contributed by atoms with van der Waals surface area (Å²) in [6, 6.07) is 9.93. The fourth-order valence-corrected chi connectivity index (χ4v) is 1.78. The van der Waals surface area contributed by atoms with E-state index in [2.05, 4.69) is 9.97 Å². The first kappa shape index (κ1) is 7.38. The fourth-order valence-electron chi connectivity index (χ4n) is 1.78. The van der Waals surface area contributed by atoms with Crippen molar-refractivity contribution >= 4 is 27.6 Å². The number of H-pyrrole nitrogens is 1. The lowest BCUT2D eigenvalue weighted by molar-refractivity contribution is 1.41. The van der Waals surface area contributed by atoms with Gasteiger partial charge >= 0.3 is 0 Å².